The molecule has 1 heterocycles. The summed E-state index contributed by atoms with van der Waals surface area (Å²) in [7, 11) is 1.51. The topological polar surface area (TPSA) is 87.9 Å². The number of rotatable bonds is 3. The van der Waals surface area contributed by atoms with E-state index < -0.39 is 11.2 Å². The summed E-state index contributed by atoms with van der Waals surface area (Å²) < 4.78 is 6.52. The van der Waals surface area contributed by atoms with Crippen molar-refractivity contribution in [2.75, 3.05) is 7.11 Å². The molecule has 1 N–H and O–H groups in total. The van der Waals surface area contributed by atoms with Gasteiger partial charge in [0.25, 0.3) is 5.56 Å². The molecule has 0 atom stereocenters. The maximum atomic E-state index is 11.6. The van der Waals surface area contributed by atoms with E-state index in [4.69, 9.17) is 10.00 Å². The second kappa shape index (κ2) is 5.23. The summed E-state index contributed by atoms with van der Waals surface area (Å²) in [5.41, 5.74) is 0.222. The summed E-state index contributed by atoms with van der Waals surface area (Å²) in [5.74, 6) is 0.581. The maximum absolute atomic E-state index is 11.6. The summed E-state index contributed by atoms with van der Waals surface area (Å²) in [6, 6.07) is 8.25. The highest BCUT2D eigenvalue weighted by molar-refractivity contribution is 5.42. The Kier molecular flexibility index (Phi) is 3.48. The molecule has 0 bridgehead atoms. The van der Waals surface area contributed by atoms with Crippen molar-refractivity contribution < 1.29 is 4.74 Å². The van der Waals surface area contributed by atoms with Crippen LogP contribution in [0.1, 0.15) is 11.1 Å². The Balaban J connectivity index is 2.45. The van der Waals surface area contributed by atoms with Crippen molar-refractivity contribution in [2.45, 2.75) is 6.54 Å². The maximum Gasteiger partial charge on any atom is 0.328 e. The fourth-order valence-corrected chi connectivity index (χ4v) is 1.72. The second-order valence-electron chi connectivity index (χ2n) is 3.88. The average molecular weight is 257 g/mol. The van der Waals surface area contributed by atoms with Gasteiger partial charge in [0.05, 0.1) is 25.3 Å². The van der Waals surface area contributed by atoms with Crippen molar-refractivity contribution in [2.24, 2.45) is 0 Å². The van der Waals surface area contributed by atoms with Crippen molar-refractivity contribution in [3.8, 4) is 11.8 Å². The summed E-state index contributed by atoms with van der Waals surface area (Å²) in [4.78, 5) is 24.8. The molecule has 0 aliphatic heterocycles. The predicted octanol–water partition coefficient (Wildman–Crippen LogP) is 0.465. The van der Waals surface area contributed by atoms with Crippen molar-refractivity contribution in [3.63, 3.8) is 0 Å². The van der Waals surface area contributed by atoms with Gasteiger partial charge in [0.15, 0.2) is 0 Å². The largest absolute Gasteiger partial charge is 0.496 e. The molecule has 6 heteroatoms. The molecule has 1 aromatic carbocycles. The van der Waals surface area contributed by atoms with Gasteiger partial charge in [0.1, 0.15) is 5.75 Å². The molecule has 0 spiro atoms. The fraction of sp³-hybridized carbons (Fsp3) is 0.154. The van der Waals surface area contributed by atoms with Gasteiger partial charge in [-0.15, -0.1) is 0 Å². The van der Waals surface area contributed by atoms with Gasteiger partial charge in [-0.05, 0) is 18.2 Å². The van der Waals surface area contributed by atoms with Crippen molar-refractivity contribution in [3.05, 3.63) is 62.4 Å². The van der Waals surface area contributed by atoms with Crippen molar-refractivity contribution >= 4 is 0 Å². The van der Waals surface area contributed by atoms with Crippen molar-refractivity contribution in [1.29, 1.82) is 5.26 Å². The number of methoxy groups -OCH3 is 1. The number of H-pyrrole nitrogens is 1. The van der Waals surface area contributed by atoms with Crippen LogP contribution in [0.25, 0.3) is 0 Å². The number of aromatic amines is 1. The molecular formula is C13H11N3O3. The van der Waals surface area contributed by atoms with Crippen molar-refractivity contribution in [1.82, 2.24) is 9.55 Å². The highest BCUT2D eigenvalue weighted by Crippen LogP contribution is 2.20. The minimum absolute atomic E-state index is 0.217. The molecule has 0 saturated carbocycles. The Morgan fingerprint density at radius 2 is 2.16 bits per heavy atom. The smallest absolute Gasteiger partial charge is 0.328 e. The van der Waals surface area contributed by atoms with Crippen LogP contribution in [-0.2, 0) is 6.54 Å². The molecule has 0 aliphatic rings. The van der Waals surface area contributed by atoms with E-state index in [1.165, 1.54) is 23.9 Å². The van der Waals surface area contributed by atoms with E-state index in [9.17, 15) is 9.59 Å². The van der Waals surface area contributed by atoms with Gasteiger partial charge in [0.2, 0.25) is 0 Å². The zero-order valence-electron chi connectivity index (χ0n) is 10.2. The molecule has 0 fully saturated rings. The first kappa shape index (κ1) is 12.6. The summed E-state index contributed by atoms with van der Waals surface area (Å²) >= 11 is 0. The van der Waals surface area contributed by atoms with E-state index in [2.05, 4.69) is 4.98 Å². The first-order valence-corrected chi connectivity index (χ1v) is 5.51. The number of aromatic nitrogens is 2. The standard InChI is InChI=1S/C13H11N3O3/c1-19-11-3-2-9(7-14)6-10(11)8-16-5-4-12(17)15-13(16)18/h2-6H,8H2,1H3,(H,15,17,18). The molecule has 0 aliphatic carbocycles. The van der Waals surface area contributed by atoms with Gasteiger partial charge in [-0.2, -0.15) is 5.26 Å². The van der Waals surface area contributed by atoms with Crippen LogP contribution in [0.2, 0.25) is 0 Å². The van der Waals surface area contributed by atoms with Crippen LogP contribution in [-0.4, -0.2) is 16.7 Å². The lowest BCUT2D eigenvalue weighted by atomic mass is 10.1. The number of nitrogens with zero attached hydrogens (tertiary/aromatic N) is 2. The number of nitriles is 1. The van der Waals surface area contributed by atoms with E-state index in [1.807, 2.05) is 6.07 Å². The number of benzene rings is 1. The molecule has 0 unspecified atom stereocenters. The van der Waals surface area contributed by atoms with Gasteiger partial charge < -0.3 is 4.74 Å². The molecule has 19 heavy (non-hydrogen) atoms. The molecule has 0 amide bonds. The van der Waals surface area contributed by atoms with E-state index in [1.54, 1.807) is 18.2 Å². The highest BCUT2D eigenvalue weighted by Gasteiger charge is 2.06. The minimum Gasteiger partial charge on any atom is -0.496 e. The minimum atomic E-state index is -0.503. The Labute approximate surface area is 108 Å². The van der Waals surface area contributed by atoms with Gasteiger partial charge in [-0.25, -0.2) is 4.79 Å². The number of hydrogen-bond donors (Lipinski definition) is 1. The molecule has 2 aromatic rings. The van der Waals surface area contributed by atoms with Crippen LogP contribution < -0.4 is 16.0 Å². The first-order chi connectivity index (χ1) is 9.13. The lowest BCUT2D eigenvalue weighted by Gasteiger charge is -2.10. The van der Waals surface area contributed by atoms with Gasteiger partial charge >= 0.3 is 5.69 Å². The summed E-state index contributed by atoms with van der Waals surface area (Å²) in [6.45, 7) is 0.217. The predicted molar refractivity (Wildman–Crippen MR) is 68.1 cm³/mol. The summed E-state index contributed by atoms with van der Waals surface area (Å²) in [5, 5.41) is 8.88. The molecule has 0 saturated heterocycles. The average Bonchev–Trinajstić information content (AvgIpc) is 2.41. The Morgan fingerprint density at radius 1 is 1.37 bits per heavy atom. The molecule has 2 rings (SSSR count). The van der Waals surface area contributed by atoms with E-state index in [-0.39, 0.29) is 6.54 Å². The van der Waals surface area contributed by atoms with Gasteiger partial charge in [-0.3, -0.25) is 14.3 Å². The molecule has 96 valence electrons. The molecule has 6 nitrogen and oxygen atoms in total. The number of hydrogen-bond acceptors (Lipinski definition) is 4. The molecule has 0 radical (unpaired) electrons. The lowest BCUT2D eigenvalue weighted by Crippen LogP contribution is -2.29. The zero-order chi connectivity index (χ0) is 13.8. The van der Waals surface area contributed by atoms with Crippen LogP contribution in [0.5, 0.6) is 5.75 Å². The lowest BCUT2D eigenvalue weighted by molar-refractivity contribution is 0.408. The third-order valence-electron chi connectivity index (χ3n) is 2.65. The summed E-state index contributed by atoms with van der Waals surface area (Å²) in [6.07, 6.45) is 1.40. The van der Waals surface area contributed by atoms with Crippen LogP contribution in [0, 0.1) is 11.3 Å². The zero-order valence-corrected chi connectivity index (χ0v) is 10.2. The molecule has 1 aromatic heterocycles. The van der Waals surface area contributed by atoms with E-state index >= 15 is 0 Å². The Bertz CT molecular complexity index is 753. The SMILES string of the molecule is COc1ccc(C#N)cc1Cn1ccc(=O)[nH]c1=O. The fourth-order valence-electron chi connectivity index (χ4n) is 1.72. The molecular weight excluding hydrogens is 246 g/mol. The van der Waals surface area contributed by atoms with Gasteiger partial charge in [-0.1, -0.05) is 0 Å². The third kappa shape index (κ3) is 2.72. The normalized spacial score (nSPS) is 9.89. The first-order valence-electron chi connectivity index (χ1n) is 5.51. The van der Waals surface area contributed by atoms with Crippen LogP contribution in [0.15, 0.2) is 40.1 Å². The number of nitrogens with one attached hydrogen (secondary N) is 1. The monoisotopic (exact) mass is 257 g/mol. The Morgan fingerprint density at radius 3 is 2.79 bits per heavy atom. The number of ether oxygens (including phenoxy) is 1. The van der Waals surface area contributed by atoms with E-state index in [0.29, 0.717) is 16.9 Å². The second-order valence-corrected chi connectivity index (χ2v) is 3.88. The van der Waals surface area contributed by atoms with Crippen LogP contribution >= 0.6 is 0 Å². The van der Waals surface area contributed by atoms with E-state index in [0.717, 1.165) is 0 Å². The Hall–Kier alpha value is -2.81. The quantitative estimate of drug-likeness (QED) is 0.865. The third-order valence-corrected chi connectivity index (χ3v) is 2.65. The van der Waals surface area contributed by atoms with Crippen LogP contribution in [0.3, 0.4) is 0 Å². The van der Waals surface area contributed by atoms with Gasteiger partial charge in [0, 0.05) is 17.8 Å². The highest BCUT2D eigenvalue weighted by atomic mass is 16.5. The van der Waals surface area contributed by atoms with Crippen LogP contribution in [0.4, 0.5) is 0 Å².